The second kappa shape index (κ2) is 5.27. The predicted molar refractivity (Wildman–Crippen MR) is 77.6 cm³/mol. The van der Waals surface area contributed by atoms with Crippen LogP contribution in [-0.2, 0) is 9.63 Å². The first-order chi connectivity index (χ1) is 9.63. The van der Waals surface area contributed by atoms with E-state index >= 15 is 0 Å². The molecule has 1 fully saturated rings. The molecule has 0 N–H and O–H groups in total. The van der Waals surface area contributed by atoms with Gasteiger partial charge in [-0.1, -0.05) is 35.0 Å². The third-order valence-corrected chi connectivity index (χ3v) is 3.90. The van der Waals surface area contributed by atoms with Crippen LogP contribution in [0, 0.1) is 12.8 Å². The Morgan fingerprint density at radius 1 is 1.35 bits per heavy atom. The molecule has 0 spiro atoms. The molecule has 1 aliphatic heterocycles. The maximum atomic E-state index is 11.9. The van der Waals surface area contributed by atoms with Crippen LogP contribution >= 0.6 is 0 Å². The highest BCUT2D eigenvalue weighted by atomic mass is 16.6. The number of rotatable bonds is 4. The van der Waals surface area contributed by atoms with Crippen molar-refractivity contribution in [1.29, 1.82) is 0 Å². The zero-order valence-corrected chi connectivity index (χ0v) is 12.0. The normalized spacial score (nSPS) is 21.3. The number of oxime groups is 1. The quantitative estimate of drug-likeness (QED) is 0.844. The minimum atomic E-state index is -0.0148. The zero-order valence-electron chi connectivity index (χ0n) is 12.0. The second-order valence-corrected chi connectivity index (χ2v) is 5.83. The van der Waals surface area contributed by atoms with E-state index in [2.05, 4.69) is 36.3 Å². The van der Waals surface area contributed by atoms with Crippen molar-refractivity contribution in [3.05, 3.63) is 35.4 Å². The molecule has 1 aliphatic carbocycles. The van der Waals surface area contributed by atoms with Crippen LogP contribution < -0.4 is 0 Å². The van der Waals surface area contributed by atoms with Crippen LogP contribution in [0.1, 0.15) is 30.4 Å². The van der Waals surface area contributed by atoms with Gasteiger partial charge in [0, 0.05) is 19.4 Å². The molecule has 0 aromatic heterocycles. The molecule has 0 bridgehead atoms. The van der Waals surface area contributed by atoms with Gasteiger partial charge >= 0.3 is 0 Å². The largest absolute Gasteiger partial charge is 0.390 e. The molecule has 1 heterocycles. The van der Waals surface area contributed by atoms with E-state index < -0.39 is 0 Å². The van der Waals surface area contributed by atoms with Gasteiger partial charge in [0.1, 0.15) is 0 Å². The highest BCUT2D eigenvalue weighted by Crippen LogP contribution is 2.31. The first-order valence-corrected chi connectivity index (χ1v) is 7.18. The summed E-state index contributed by atoms with van der Waals surface area (Å²) in [5.41, 5.74) is 3.32. The Hall–Kier alpha value is -1.84. The van der Waals surface area contributed by atoms with Gasteiger partial charge in [0.25, 0.3) is 0 Å². The maximum Gasteiger partial charge on any atom is 0.225 e. The lowest BCUT2D eigenvalue weighted by atomic mass is 10.0. The summed E-state index contributed by atoms with van der Waals surface area (Å²) in [4.78, 5) is 19.2. The highest BCUT2D eigenvalue weighted by Gasteiger charge is 2.34. The van der Waals surface area contributed by atoms with E-state index in [1.165, 1.54) is 5.56 Å². The minimum Gasteiger partial charge on any atom is -0.390 e. The molecule has 0 saturated heterocycles. The number of nitrogens with zero attached hydrogens (tertiary/aromatic N) is 2. The second-order valence-electron chi connectivity index (χ2n) is 5.83. The van der Waals surface area contributed by atoms with Crippen LogP contribution in [0.3, 0.4) is 0 Å². The summed E-state index contributed by atoms with van der Waals surface area (Å²) in [6.45, 7) is 2.69. The van der Waals surface area contributed by atoms with E-state index in [4.69, 9.17) is 4.84 Å². The number of amides is 1. The van der Waals surface area contributed by atoms with Gasteiger partial charge in [-0.15, -0.1) is 0 Å². The molecule has 106 valence electrons. The molecule has 1 aromatic carbocycles. The van der Waals surface area contributed by atoms with Gasteiger partial charge in [-0.3, -0.25) is 4.79 Å². The molecule has 20 heavy (non-hydrogen) atoms. The standard InChI is InChI=1S/C16H20N2O2/c1-11-3-5-12(6-4-11)15-9-14(20-17-15)10-18(2)16(19)13-7-8-13/h3-6,13-14H,7-10H2,1-2H3. The van der Waals surface area contributed by atoms with Crippen LogP contribution in [0.2, 0.25) is 0 Å². The Bertz CT molecular complexity index is 532. The fourth-order valence-corrected chi connectivity index (χ4v) is 2.48. The first kappa shape index (κ1) is 13.2. The van der Waals surface area contributed by atoms with Gasteiger partial charge in [-0.25, -0.2) is 0 Å². The molecule has 2 aliphatic rings. The van der Waals surface area contributed by atoms with Crippen LogP contribution in [0.5, 0.6) is 0 Å². The third kappa shape index (κ3) is 2.84. The summed E-state index contributed by atoms with van der Waals surface area (Å²) in [5.74, 6) is 0.510. The number of hydrogen-bond donors (Lipinski definition) is 0. The lowest BCUT2D eigenvalue weighted by Gasteiger charge is -2.19. The summed E-state index contributed by atoms with van der Waals surface area (Å²) >= 11 is 0. The SMILES string of the molecule is Cc1ccc(C2=NOC(CN(C)C(=O)C3CC3)C2)cc1. The van der Waals surface area contributed by atoms with E-state index in [1.807, 2.05) is 7.05 Å². The van der Waals surface area contributed by atoms with Crippen LogP contribution in [-0.4, -0.2) is 36.2 Å². The summed E-state index contributed by atoms with van der Waals surface area (Å²) in [6.07, 6.45) is 2.84. The summed E-state index contributed by atoms with van der Waals surface area (Å²) in [5, 5.41) is 4.17. The molecule has 1 saturated carbocycles. The molecule has 0 radical (unpaired) electrons. The minimum absolute atomic E-state index is 0.0148. The summed E-state index contributed by atoms with van der Waals surface area (Å²) in [6, 6.07) is 8.29. The lowest BCUT2D eigenvalue weighted by molar-refractivity contribution is -0.132. The topological polar surface area (TPSA) is 41.9 Å². The van der Waals surface area contributed by atoms with Crippen molar-refractivity contribution >= 4 is 11.6 Å². The summed E-state index contributed by atoms with van der Waals surface area (Å²) < 4.78 is 0. The van der Waals surface area contributed by atoms with Crippen molar-refractivity contribution in [2.45, 2.75) is 32.3 Å². The average Bonchev–Trinajstić information content (AvgIpc) is 3.19. The molecular weight excluding hydrogens is 252 g/mol. The molecule has 1 unspecified atom stereocenters. The fraction of sp³-hybridized carbons (Fsp3) is 0.500. The zero-order chi connectivity index (χ0) is 14.1. The molecule has 1 amide bonds. The van der Waals surface area contributed by atoms with Gasteiger partial charge in [-0.2, -0.15) is 0 Å². The number of carbonyl (C=O) groups is 1. The van der Waals surface area contributed by atoms with Crippen molar-refractivity contribution in [3.63, 3.8) is 0 Å². The Morgan fingerprint density at radius 3 is 2.70 bits per heavy atom. The molecular formula is C16H20N2O2. The Labute approximate surface area is 119 Å². The Balaban J connectivity index is 1.55. The van der Waals surface area contributed by atoms with Crippen LogP contribution in [0.15, 0.2) is 29.4 Å². The number of benzene rings is 1. The van der Waals surface area contributed by atoms with E-state index in [0.717, 1.165) is 30.5 Å². The average molecular weight is 272 g/mol. The number of aryl methyl sites for hydroxylation is 1. The van der Waals surface area contributed by atoms with Crippen molar-refractivity contribution in [1.82, 2.24) is 4.90 Å². The smallest absolute Gasteiger partial charge is 0.225 e. The van der Waals surface area contributed by atoms with Crippen molar-refractivity contribution < 1.29 is 9.63 Å². The third-order valence-electron chi connectivity index (χ3n) is 3.90. The lowest BCUT2D eigenvalue weighted by Crippen LogP contribution is -2.35. The van der Waals surface area contributed by atoms with E-state index in [0.29, 0.717) is 6.54 Å². The molecule has 1 aromatic rings. The molecule has 4 heteroatoms. The number of likely N-dealkylation sites (N-methyl/N-ethyl adjacent to an activating group) is 1. The number of carbonyl (C=O) groups excluding carboxylic acids is 1. The molecule has 4 nitrogen and oxygen atoms in total. The van der Waals surface area contributed by atoms with Gasteiger partial charge in [-0.05, 0) is 25.3 Å². The molecule has 1 atom stereocenters. The Kier molecular flexibility index (Phi) is 3.47. The first-order valence-electron chi connectivity index (χ1n) is 7.18. The molecule has 3 rings (SSSR count). The van der Waals surface area contributed by atoms with Gasteiger partial charge in [0.05, 0.1) is 12.3 Å². The number of hydrogen-bond acceptors (Lipinski definition) is 3. The Morgan fingerprint density at radius 2 is 2.05 bits per heavy atom. The van der Waals surface area contributed by atoms with E-state index in [-0.39, 0.29) is 17.9 Å². The van der Waals surface area contributed by atoms with Crippen molar-refractivity contribution in [3.8, 4) is 0 Å². The predicted octanol–water partition coefficient (Wildman–Crippen LogP) is 2.36. The van der Waals surface area contributed by atoms with E-state index in [9.17, 15) is 4.79 Å². The highest BCUT2D eigenvalue weighted by molar-refractivity contribution is 6.01. The van der Waals surface area contributed by atoms with Crippen molar-refractivity contribution in [2.75, 3.05) is 13.6 Å². The van der Waals surface area contributed by atoms with Gasteiger partial charge in [0.2, 0.25) is 5.91 Å². The maximum absolute atomic E-state index is 11.9. The monoisotopic (exact) mass is 272 g/mol. The van der Waals surface area contributed by atoms with Crippen LogP contribution in [0.4, 0.5) is 0 Å². The fourth-order valence-electron chi connectivity index (χ4n) is 2.48. The van der Waals surface area contributed by atoms with Crippen molar-refractivity contribution in [2.24, 2.45) is 11.1 Å². The van der Waals surface area contributed by atoms with Crippen LogP contribution in [0.25, 0.3) is 0 Å². The van der Waals surface area contributed by atoms with Gasteiger partial charge < -0.3 is 9.74 Å². The van der Waals surface area contributed by atoms with Gasteiger partial charge in [0.15, 0.2) is 6.10 Å². The summed E-state index contributed by atoms with van der Waals surface area (Å²) in [7, 11) is 1.86. The van der Waals surface area contributed by atoms with E-state index in [1.54, 1.807) is 4.90 Å².